The van der Waals surface area contributed by atoms with Crippen molar-refractivity contribution in [2.24, 2.45) is 0 Å². The molecular formula is C24H25N3O3S. The minimum Gasteiger partial charge on any atom is -0.335 e. The molecule has 4 rings (SSSR count). The molecule has 160 valence electrons. The molecule has 0 radical (unpaired) electrons. The van der Waals surface area contributed by atoms with E-state index < -0.39 is 10.0 Å². The quantitative estimate of drug-likeness (QED) is 0.613. The summed E-state index contributed by atoms with van der Waals surface area (Å²) in [5.74, 6) is -0.231. The number of rotatable bonds is 5. The minimum absolute atomic E-state index is 0.141. The van der Waals surface area contributed by atoms with E-state index in [1.807, 2.05) is 43.3 Å². The zero-order chi connectivity index (χ0) is 22.0. The van der Waals surface area contributed by atoms with Crippen molar-refractivity contribution in [1.29, 1.82) is 0 Å². The molecule has 0 spiro atoms. The first-order chi connectivity index (χ1) is 14.9. The Labute approximate surface area is 183 Å². The van der Waals surface area contributed by atoms with Gasteiger partial charge in [-0.05, 0) is 60.4 Å². The lowest BCUT2D eigenvalue weighted by atomic mass is 10.0. The molecule has 0 bridgehead atoms. The van der Waals surface area contributed by atoms with Crippen LogP contribution in [-0.2, 0) is 23.0 Å². The Balaban J connectivity index is 1.57. The fourth-order valence-electron chi connectivity index (χ4n) is 3.86. The van der Waals surface area contributed by atoms with E-state index in [1.165, 1.54) is 15.9 Å². The first kappa shape index (κ1) is 21.2. The summed E-state index contributed by atoms with van der Waals surface area (Å²) in [4.78, 5) is 18.8. The normalized spacial score (nSPS) is 15.2. The largest absolute Gasteiger partial charge is 0.335 e. The van der Waals surface area contributed by atoms with Gasteiger partial charge in [-0.15, -0.1) is 0 Å². The molecule has 6 nitrogen and oxygen atoms in total. The molecule has 31 heavy (non-hydrogen) atoms. The second kappa shape index (κ2) is 8.61. The predicted molar refractivity (Wildman–Crippen MR) is 119 cm³/mol. The average Bonchev–Trinajstić information content (AvgIpc) is 2.83. The molecule has 2 aromatic carbocycles. The van der Waals surface area contributed by atoms with Crippen LogP contribution >= 0.6 is 0 Å². The number of carbonyl (C=O) groups is 1. The number of fused-ring (bicyclic) bond motifs is 1. The topological polar surface area (TPSA) is 70.6 Å². The van der Waals surface area contributed by atoms with Gasteiger partial charge in [-0.2, -0.15) is 4.31 Å². The first-order valence-corrected chi connectivity index (χ1v) is 11.7. The van der Waals surface area contributed by atoms with Crippen molar-refractivity contribution in [2.45, 2.75) is 30.8 Å². The lowest BCUT2D eigenvalue weighted by molar-refractivity contribution is 0.0742. The van der Waals surface area contributed by atoms with Gasteiger partial charge in [-0.25, -0.2) is 8.42 Å². The van der Waals surface area contributed by atoms with Gasteiger partial charge in [-0.3, -0.25) is 9.78 Å². The van der Waals surface area contributed by atoms with Gasteiger partial charge in [0.2, 0.25) is 10.0 Å². The van der Waals surface area contributed by atoms with Crippen LogP contribution in [0.3, 0.4) is 0 Å². The molecule has 0 aliphatic carbocycles. The van der Waals surface area contributed by atoms with Crippen molar-refractivity contribution in [3.63, 3.8) is 0 Å². The maximum absolute atomic E-state index is 13.3. The molecule has 1 atom stereocenters. The summed E-state index contributed by atoms with van der Waals surface area (Å²) >= 11 is 0. The molecule has 1 aliphatic rings. The first-order valence-electron chi connectivity index (χ1n) is 10.2. The Morgan fingerprint density at radius 2 is 1.74 bits per heavy atom. The third-order valence-corrected chi connectivity index (χ3v) is 7.75. The Morgan fingerprint density at radius 1 is 1.03 bits per heavy atom. The number of benzene rings is 2. The Hall–Kier alpha value is -3.03. The maximum Gasteiger partial charge on any atom is 0.254 e. The highest BCUT2D eigenvalue weighted by Crippen LogP contribution is 2.26. The molecule has 0 saturated heterocycles. The van der Waals surface area contributed by atoms with Crippen LogP contribution in [0.2, 0.25) is 0 Å². The van der Waals surface area contributed by atoms with E-state index in [2.05, 4.69) is 4.98 Å². The number of pyridine rings is 1. The van der Waals surface area contributed by atoms with Gasteiger partial charge in [0.15, 0.2) is 0 Å². The lowest BCUT2D eigenvalue weighted by Crippen LogP contribution is -2.36. The van der Waals surface area contributed by atoms with Crippen LogP contribution in [-0.4, -0.2) is 42.1 Å². The van der Waals surface area contributed by atoms with Crippen molar-refractivity contribution >= 4 is 15.9 Å². The predicted octanol–water partition coefficient (Wildman–Crippen LogP) is 3.66. The van der Waals surface area contributed by atoms with Gasteiger partial charge in [-0.1, -0.05) is 30.3 Å². The molecule has 1 unspecified atom stereocenters. The molecule has 0 N–H and O–H groups in total. The molecular weight excluding hydrogens is 410 g/mol. The summed E-state index contributed by atoms with van der Waals surface area (Å²) in [6.45, 7) is 2.70. The van der Waals surface area contributed by atoms with Crippen LogP contribution in [0, 0.1) is 0 Å². The van der Waals surface area contributed by atoms with E-state index >= 15 is 0 Å². The molecule has 1 aromatic heterocycles. The Morgan fingerprint density at radius 3 is 2.48 bits per heavy atom. The van der Waals surface area contributed by atoms with Gasteiger partial charge in [0.1, 0.15) is 0 Å². The highest BCUT2D eigenvalue weighted by molar-refractivity contribution is 7.89. The van der Waals surface area contributed by atoms with Crippen LogP contribution in [0.4, 0.5) is 0 Å². The van der Waals surface area contributed by atoms with E-state index in [0.717, 1.165) is 11.1 Å². The lowest BCUT2D eigenvalue weighted by Gasteiger charge is -2.28. The van der Waals surface area contributed by atoms with E-state index in [9.17, 15) is 13.2 Å². The standard InChI is InChI=1S/C24H25N3O3S/c1-18(19-10-13-25-14-11-19)26(2)24(28)21-8-5-9-23(16-21)31(29,30)27-15-12-20-6-3-4-7-22(20)17-27/h3-11,13-14,16,18H,12,15,17H2,1-2H3. The molecule has 0 saturated carbocycles. The van der Waals surface area contributed by atoms with Gasteiger partial charge in [0.05, 0.1) is 10.9 Å². The van der Waals surface area contributed by atoms with Crippen molar-refractivity contribution in [1.82, 2.24) is 14.2 Å². The summed E-state index contributed by atoms with van der Waals surface area (Å²) in [6.07, 6.45) is 4.06. The second-order valence-corrected chi connectivity index (χ2v) is 9.70. The number of nitrogens with zero attached hydrogens (tertiary/aromatic N) is 3. The van der Waals surface area contributed by atoms with Crippen molar-refractivity contribution in [2.75, 3.05) is 13.6 Å². The maximum atomic E-state index is 13.3. The summed E-state index contributed by atoms with van der Waals surface area (Å²) in [5.41, 5.74) is 3.52. The SMILES string of the molecule is CC(c1ccncc1)N(C)C(=O)c1cccc(S(=O)(=O)N2CCc3ccccc3C2)c1. The van der Waals surface area contributed by atoms with Crippen LogP contribution < -0.4 is 0 Å². The summed E-state index contributed by atoms with van der Waals surface area (Å²) < 4.78 is 28.1. The number of hydrogen-bond donors (Lipinski definition) is 0. The van der Waals surface area contributed by atoms with Gasteiger partial charge in [0, 0.05) is 38.1 Å². The second-order valence-electron chi connectivity index (χ2n) is 7.76. The molecule has 1 aliphatic heterocycles. The van der Waals surface area contributed by atoms with Crippen LogP contribution in [0.15, 0.2) is 78.0 Å². The fourth-order valence-corrected chi connectivity index (χ4v) is 5.32. The zero-order valence-electron chi connectivity index (χ0n) is 17.6. The number of carbonyl (C=O) groups excluding carboxylic acids is 1. The average molecular weight is 436 g/mol. The third kappa shape index (κ3) is 4.24. The van der Waals surface area contributed by atoms with Crippen LogP contribution in [0.5, 0.6) is 0 Å². The Kier molecular flexibility index (Phi) is 5.89. The van der Waals surface area contributed by atoms with Gasteiger partial charge < -0.3 is 4.90 Å². The molecule has 2 heterocycles. The smallest absolute Gasteiger partial charge is 0.254 e. The summed E-state index contributed by atoms with van der Waals surface area (Å²) in [7, 11) is -1.99. The van der Waals surface area contributed by atoms with Gasteiger partial charge in [0.25, 0.3) is 5.91 Å². The highest BCUT2D eigenvalue weighted by atomic mass is 32.2. The monoisotopic (exact) mass is 435 g/mol. The number of amides is 1. The van der Waals surface area contributed by atoms with Gasteiger partial charge >= 0.3 is 0 Å². The highest BCUT2D eigenvalue weighted by Gasteiger charge is 2.29. The van der Waals surface area contributed by atoms with E-state index in [1.54, 1.807) is 42.5 Å². The fraction of sp³-hybridized carbons (Fsp3) is 0.250. The van der Waals surface area contributed by atoms with E-state index in [0.29, 0.717) is 25.1 Å². The summed E-state index contributed by atoms with van der Waals surface area (Å²) in [5, 5.41) is 0. The molecule has 7 heteroatoms. The van der Waals surface area contributed by atoms with E-state index in [4.69, 9.17) is 0 Å². The number of hydrogen-bond acceptors (Lipinski definition) is 4. The van der Waals surface area contributed by atoms with Crippen molar-refractivity contribution in [3.8, 4) is 0 Å². The number of aromatic nitrogens is 1. The molecule has 3 aromatic rings. The zero-order valence-corrected chi connectivity index (χ0v) is 18.4. The van der Waals surface area contributed by atoms with Crippen LogP contribution in [0.25, 0.3) is 0 Å². The van der Waals surface area contributed by atoms with E-state index in [-0.39, 0.29) is 16.8 Å². The minimum atomic E-state index is -3.70. The third-order valence-electron chi connectivity index (χ3n) is 5.90. The van der Waals surface area contributed by atoms with Crippen LogP contribution in [0.1, 0.15) is 40.0 Å². The Bertz CT molecular complexity index is 1200. The van der Waals surface area contributed by atoms with Crippen molar-refractivity contribution in [3.05, 3.63) is 95.3 Å². The molecule has 0 fully saturated rings. The van der Waals surface area contributed by atoms with Crippen molar-refractivity contribution < 1.29 is 13.2 Å². The molecule has 1 amide bonds. The summed E-state index contributed by atoms with van der Waals surface area (Å²) in [6, 6.07) is 17.8. The number of sulfonamides is 1.